The lowest BCUT2D eigenvalue weighted by Gasteiger charge is -2.47. The van der Waals surface area contributed by atoms with Gasteiger partial charge >= 0.3 is 12.2 Å². The van der Waals surface area contributed by atoms with Crippen LogP contribution in [0.2, 0.25) is 0 Å². The van der Waals surface area contributed by atoms with Gasteiger partial charge < -0.3 is 30.3 Å². The van der Waals surface area contributed by atoms with Crippen molar-refractivity contribution in [3.05, 3.63) is 137 Å². The number of alkyl halides is 3. The predicted octanol–water partition coefficient (Wildman–Crippen LogP) is 4.65. The van der Waals surface area contributed by atoms with Crippen LogP contribution >= 0.6 is 0 Å². The van der Waals surface area contributed by atoms with E-state index in [0.717, 1.165) is 16.0 Å². The summed E-state index contributed by atoms with van der Waals surface area (Å²) in [4.78, 5) is 64.0. The number of fused-ring (bicyclic) bond motifs is 1. The number of nitrogens with two attached hydrogens (primary N) is 1. The Morgan fingerprint density at radius 2 is 1.50 bits per heavy atom. The Morgan fingerprint density at radius 1 is 0.875 bits per heavy atom. The second kappa shape index (κ2) is 17.0. The largest absolute Gasteiger partial charge is 0.406 e. The molecule has 0 radical (unpaired) electrons. The molecule has 56 heavy (non-hydrogen) atoms. The highest BCUT2D eigenvalue weighted by Crippen LogP contribution is 2.37. The molecule has 0 bridgehead atoms. The van der Waals surface area contributed by atoms with E-state index in [4.69, 9.17) is 15.2 Å². The van der Waals surface area contributed by atoms with E-state index in [1.807, 2.05) is 60.7 Å². The molecule has 4 aromatic rings. The van der Waals surface area contributed by atoms with E-state index < -0.39 is 73.4 Å². The van der Waals surface area contributed by atoms with Crippen LogP contribution in [-0.2, 0) is 38.7 Å². The normalized spacial score (nSPS) is 17.8. The zero-order chi connectivity index (χ0) is 39.9. The van der Waals surface area contributed by atoms with E-state index in [9.17, 15) is 27.6 Å². The first-order chi connectivity index (χ1) is 26.8. The second-order valence-electron chi connectivity index (χ2n) is 14.1. The van der Waals surface area contributed by atoms with Gasteiger partial charge in [-0.3, -0.25) is 24.3 Å². The van der Waals surface area contributed by atoms with Gasteiger partial charge in [-0.15, -0.1) is 0 Å². The number of hydrogen-bond donors (Lipinski definition) is 2. The van der Waals surface area contributed by atoms with Crippen molar-refractivity contribution in [1.82, 2.24) is 25.0 Å². The number of aromatic nitrogens is 1. The third kappa shape index (κ3) is 9.07. The van der Waals surface area contributed by atoms with Gasteiger partial charge in [-0.1, -0.05) is 78.9 Å². The molecule has 1 aromatic heterocycles. The molecule has 3 aromatic carbocycles. The zero-order valence-electron chi connectivity index (χ0n) is 30.8. The SMILES string of the molecule is CC(N)c1cccc(C(=O)NC(COCc2ccccc2)(COCc2ccccc2)C(=O)N2CCN3C(=O)N(CC(F)(F)F)C(=O)C3(Cc3ccccn3)C2)c1. The molecular formula is C41H43F3N6O6. The van der Waals surface area contributed by atoms with Crippen molar-refractivity contribution < 1.29 is 41.8 Å². The van der Waals surface area contributed by atoms with Crippen molar-refractivity contribution in [2.24, 2.45) is 5.73 Å². The van der Waals surface area contributed by atoms with E-state index >= 15 is 4.79 Å². The number of urea groups is 1. The summed E-state index contributed by atoms with van der Waals surface area (Å²) < 4.78 is 53.6. The van der Waals surface area contributed by atoms with Crippen molar-refractivity contribution in [2.45, 2.75) is 49.9 Å². The van der Waals surface area contributed by atoms with Crippen LogP contribution in [0.5, 0.6) is 0 Å². The van der Waals surface area contributed by atoms with Gasteiger partial charge in [0.15, 0.2) is 5.54 Å². The average Bonchev–Trinajstić information content (AvgIpc) is 3.38. The molecular weight excluding hydrogens is 729 g/mol. The predicted molar refractivity (Wildman–Crippen MR) is 199 cm³/mol. The Balaban J connectivity index is 1.39. The number of imide groups is 1. The number of hydrogen-bond acceptors (Lipinski definition) is 8. The average molecular weight is 773 g/mol. The van der Waals surface area contributed by atoms with Crippen LogP contribution in [0.4, 0.5) is 18.0 Å². The maximum Gasteiger partial charge on any atom is 0.406 e. The monoisotopic (exact) mass is 772 g/mol. The van der Waals surface area contributed by atoms with Gasteiger partial charge in [0, 0.05) is 43.0 Å². The number of carbonyl (C=O) groups excluding carboxylic acids is 4. The first-order valence-corrected chi connectivity index (χ1v) is 18.1. The van der Waals surface area contributed by atoms with E-state index in [-0.39, 0.29) is 43.2 Å². The number of carbonyl (C=O) groups is 4. The maximum atomic E-state index is 15.2. The molecule has 0 saturated carbocycles. The van der Waals surface area contributed by atoms with Crippen LogP contribution < -0.4 is 11.1 Å². The lowest BCUT2D eigenvalue weighted by atomic mass is 9.87. The second-order valence-corrected chi connectivity index (χ2v) is 14.1. The summed E-state index contributed by atoms with van der Waals surface area (Å²) in [6.45, 7) is -1.63. The minimum atomic E-state index is -4.87. The molecule has 6 rings (SSSR count). The fourth-order valence-electron chi connectivity index (χ4n) is 7.06. The van der Waals surface area contributed by atoms with Gasteiger partial charge in [0.2, 0.25) is 0 Å². The minimum absolute atomic E-state index is 0.0569. The molecule has 2 saturated heterocycles. The Kier molecular flexibility index (Phi) is 12.2. The third-order valence-corrected chi connectivity index (χ3v) is 9.85. The number of piperazine rings is 1. The summed E-state index contributed by atoms with van der Waals surface area (Å²) in [7, 11) is 0. The minimum Gasteiger partial charge on any atom is -0.374 e. The molecule has 5 amide bonds. The van der Waals surface area contributed by atoms with Crippen LogP contribution in [0.3, 0.4) is 0 Å². The molecule has 2 atom stereocenters. The Morgan fingerprint density at radius 3 is 2.07 bits per heavy atom. The van der Waals surface area contributed by atoms with Crippen molar-refractivity contribution in [2.75, 3.05) is 39.4 Å². The molecule has 2 fully saturated rings. The summed E-state index contributed by atoms with van der Waals surface area (Å²) in [5, 5.41) is 2.91. The van der Waals surface area contributed by atoms with Gasteiger partial charge in [0.1, 0.15) is 12.1 Å². The smallest absolute Gasteiger partial charge is 0.374 e. The van der Waals surface area contributed by atoms with Crippen LogP contribution in [-0.4, -0.2) is 100 Å². The number of rotatable bonds is 15. The highest BCUT2D eigenvalue weighted by atomic mass is 19.4. The van der Waals surface area contributed by atoms with Crippen LogP contribution in [0.1, 0.15) is 45.7 Å². The highest BCUT2D eigenvalue weighted by molar-refractivity contribution is 6.08. The molecule has 15 heteroatoms. The number of amides is 5. The summed E-state index contributed by atoms with van der Waals surface area (Å²) in [5.41, 5.74) is 5.04. The fourth-order valence-corrected chi connectivity index (χ4v) is 7.06. The van der Waals surface area contributed by atoms with Crippen LogP contribution in [0, 0.1) is 0 Å². The molecule has 2 aliphatic heterocycles. The lowest BCUT2D eigenvalue weighted by molar-refractivity contribution is -0.158. The standard InChI is InChI=1S/C41H43F3N6O6/c1-29(45)32-15-10-16-33(21-32)35(51)47-39(27-55-23-30-11-4-2-5-12-30,28-56-24-31-13-6-3-7-14-31)36(52)48-19-20-50-38(54)49(26-41(42,43)44)37(53)40(50,25-48)22-34-17-8-9-18-46-34/h2-18,21,29H,19-20,22-28,45H2,1H3,(H,47,51). The topological polar surface area (TPSA) is 147 Å². The van der Waals surface area contributed by atoms with E-state index in [2.05, 4.69) is 10.3 Å². The number of halogens is 3. The van der Waals surface area contributed by atoms with Gasteiger partial charge in [0.25, 0.3) is 17.7 Å². The number of nitrogens with one attached hydrogen (secondary N) is 1. The van der Waals surface area contributed by atoms with Crippen LogP contribution in [0.15, 0.2) is 109 Å². The molecule has 12 nitrogen and oxygen atoms in total. The molecule has 294 valence electrons. The summed E-state index contributed by atoms with van der Waals surface area (Å²) in [6, 6.07) is 28.4. The molecule has 0 aliphatic carbocycles. The Hall–Kier alpha value is -5.64. The lowest BCUT2D eigenvalue weighted by Crippen LogP contribution is -2.71. The van der Waals surface area contributed by atoms with Crippen LogP contribution in [0.25, 0.3) is 0 Å². The maximum absolute atomic E-state index is 15.2. The number of ether oxygens (including phenoxy) is 2. The first kappa shape index (κ1) is 40.0. The quantitative estimate of drug-likeness (QED) is 0.166. The highest BCUT2D eigenvalue weighted by Gasteiger charge is 2.62. The number of pyridine rings is 1. The Bertz CT molecular complexity index is 1960. The van der Waals surface area contributed by atoms with E-state index in [1.54, 1.807) is 49.4 Å². The molecule has 3 N–H and O–H groups in total. The van der Waals surface area contributed by atoms with Crippen molar-refractivity contribution in [3.63, 3.8) is 0 Å². The summed E-state index contributed by atoms with van der Waals surface area (Å²) in [5.74, 6) is -2.46. The van der Waals surface area contributed by atoms with Gasteiger partial charge in [-0.25, -0.2) is 4.79 Å². The first-order valence-electron chi connectivity index (χ1n) is 18.1. The molecule has 3 heterocycles. The van der Waals surface area contributed by atoms with E-state index in [0.29, 0.717) is 11.3 Å². The van der Waals surface area contributed by atoms with Crippen molar-refractivity contribution in [1.29, 1.82) is 0 Å². The van der Waals surface area contributed by atoms with E-state index in [1.165, 1.54) is 11.1 Å². The van der Waals surface area contributed by atoms with Gasteiger partial charge in [-0.05, 0) is 47.9 Å². The molecule has 0 spiro atoms. The third-order valence-electron chi connectivity index (χ3n) is 9.85. The Labute approximate surface area is 322 Å². The summed E-state index contributed by atoms with van der Waals surface area (Å²) in [6.07, 6.45) is -3.67. The number of nitrogens with zero attached hydrogens (tertiary/aromatic N) is 4. The molecule has 2 unspecified atom stereocenters. The zero-order valence-corrected chi connectivity index (χ0v) is 30.8. The van der Waals surface area contributed by atoms with Gasteiger partial charge in [0.05, 0.1) is 33.0 Å². The van der Waals surface area contributed by atoms with Gasteiger partial charge in [-0.2, -0.15) is 13.2 Å². The van der Waals surface area contributed by atoms with Crippen molar-refractivity contribution in [3.8, 4) is 0 Å². The summed E-state index contributed by atoms with van der Waals surface area (Å²) >= 11 is 0. The number of benzene rings is 3. The fraction of sp³-hybridized carbons (Fsp3) is 0.341. The van der Waals surface area contributed by atoms with Crippen molar-refractivity contribution >= 4 is 23.8 Å². The molecule has 2 aliphatic rings.